The number of aliphatic imine (C=N–C) groups is 1. The third-order valence-corrected chi connectivity index (χ3v) is 4.79. The number of fused-ring (bicyclic) bond motifs is 1. The molecule has 174 valence electrons. The van der Waals surface area contributed by atoms with Gasteiger partial charge in [-0.3, -0.25) is 4.79 Å². The van der Waals surface area contributed by atoms with Gasteiger partial charge < -0.3 is 29.8 Å². The van der Waals surface area contributed by atoms with E-state index in [0.29, 0.717) is 31.3 Å². The van der Waals surface area contributed by atoms with E-state index in [1.165, 1.54) is 6.26 Å². The first kappa shape index (κ1) is 24.4. The molecule has 1 amide bonds. The van der Waals surface area contributed by atoms with Crippen LogP contribution in [0.5, 0.6) is 11.5 Å². The first-order chi connectivity index (χ1) is 15.7. The number of carbonyl (C=O) groups is 1. The predicted molar refractivity (Wildman–Crippen MR) is 138 cm³/mol. The van der Waals surface area contributed by atoms with Crippen LogP contribution in [-0.2, 0) is 6.54 Å². The molecule has 0 aliphatic carbocycles. The Hall–Kier alpha value is -3.21. The number of ether oxygens (including phenoxy) is 2. The lowest BCUT2D eigenvalue weighted by Crippen LogP contribution is -2.45. The van der Waals surface area contributed by atoms with Crippen molar-refractivity contribution in [2.24, 2.45) is 4.99 Å². The molecule has 0 fully saturated rings. The Bertz CT molecular complexity index is 1050. The van der Waals surface area contributed by atoms with Crippen LogP contribution in [0, 0.1) is 0 Å². The SMILES string of the molecule is CCNC(=NCc1ccc(NC(=O)c2ccco2)cc1)NCC1COc2ccccc2O1.I. The van der Waals surface area contributed by atoms with Crippen molar-refractivity contribution in [1.29, 1.82) is 0 Å². The number of anilines is 1. The molecule has 9 heteroatoms. The maximum Gasteiger partial charge on any atom is 0.291 e. The van der Waals surface area contributed by atoms with E-state index in [1.807, 2.05) is 55.5 Å². The molecular formula is C24H27IN4O4. The highest BCUT2D eigenvalue weighted by Gasteiger charge is 2.20. The zero-order chi connectivity index (χ0) is 22.2. The molecule has 1 aliphatic heterocycles. The van der Waals surface area contributed by atoms with Crippen LogP contribution in [0.1, 0.15) is 23.0 Å². The average Bonchev–Trinajstić information content (AvgIpc) is 3.37. The summed E-state index contributed by atoms with van der Waals surface area (Å²) in [6.07, 6.45) is 1.36. The van der Waals surface area contributed by atoms with E-state index in [9.17, 15) is 4.79 Å². The number of guanidine groups is 1. The topological polar surface area (TPSA) is 97.1 Å². The van der Waals surface area contributed by atoms with Crippen LogP contribution in [-0.4, -0.2) is 37.7 Å². The fraction of sp³-hybridized carbons (Fsp3) is 0.250. The van der Waals surface area contributed by atoms with E-state index < -0.39 is 0 Å². The van der Waals surface area contributed by atoms with Gasteiger partial charge in [0.25, 0.3) is 5.91 Å². The minimum Gasteiger partial charge on any atom is -0.486 e. The van der Waals surface area contributed by atoms with Gasteiger partial charge >= 0.3 is 0 Å². The van der Waals surface area contributed by atoms with Crippen LogP contribution >= 0.6 is 24.0 Å². The molecule has 3 aromatic rings. The predicted octanol–water partition coefficient (Wildman–Crippen LogP) is 4.05. The summed E-state index contributed by atoms with van der Waals surface area (Å²) in [7, 11) is 0. The summed E-state index contributed by atoms with van der Waals surface area (Å²) in [4.78, 5) is 16.7. The number of nitrogens with zero attached hydrogens (tertiary/aromatic N) is 1. The van der Waals surface area contributed by atoms with E-state index in [2.05, 4.69) is 20.9 Å². The molecule has 0 saturated carbocycles. The Kier molecular flexibility index (Phi) is 8.99. The lowest BCUT2D eigenvalue weighted by atomic mass is 10.2. The summed E-state index contributed by atoms with van der Waals surface area (Å²) in [6, 6.07) is 18.5. The molecule has 1 aliphatic rings. The van der Waals surface area contributed by atoms with Crippen LogP contribution < -0.4 is 25.4 Å². The number of rotatable bonds is 7. The quantitative estimate of drug-likeness (QED) is 0.229. The highest BCUT2D eigenvalue weighted by Crippen LogP contribution is 2.30. The Labute approximate surface area is 209 Å². The van der Waals surface area contributed by atoms with Crippen molar-refractivity contribution in [1.82, 2.24) is 10.6 Å². The first-order valence-corrected chi connectivity index (χ1v) is 10.6. The van der Waals surface area contributed by atoms with Crippen molar-refractivity contribution in [3.05, 3.63) is 78.3 Å². The minimum atomic E-state index is -0.282. The van der Waals surface area contributed by atoms with Crippen molar-refractivity contribution in [3.63, 3.8) is 0 Å². The van der Waals surface area contributed by atoms with E-state index >= 15 is 0 Å². The van der Waals surface area contributed by atoms with Crippen LogP contribution in [0.2, 0.25) is 0 Å². The Balaban J connectivity index is 0.00000306. The van der Waals surface area contributed by atoms with Gasteiger partial charge in [-0.15, -0.1) is 24.0 Å². The lowest BCUT2D eigenvalue weighted by Gasteiger charge is -2.27. The van der Waals surface area contributed by atoms with Gasteiger partial charge in [0.05, 0.1) is 19.4 Å². The number of carbonyl (C=O) groups excluding carboxylic acids is 1. The average molecular weight is 562 g/mol. The monoisotopic (exact) mass is 562 g/mol. The van der Waals surface area contributed by atoms with E-state index in [0.717, 1.165) is 23.6 Å². The summed E-state index contributed by atoms with van der Waals surface area (Å²) in [6.45, 7) is 4.30. The van der Waals surface area contributed by atoms with E-state index in [4.69, 9.17) is 13.9 Å². The maximum atomic E-state index is 12.1. The molecule has 2 heterocycles. The molecule has 0 saturated heterocycles. The summed E-state index contributed by atoms with van der Waals surface area (Å²) in [5, 5.41) is 9.35. The number of benzene rings is 2. The lowest BCUT2D eigenvalue weighted by molar-refractivity contribution is 0.0936. The number of amides is 1. The molecule has 8 nitrogen and oxygen atoms in total. The van der Waals surface area contributed by atoms with Crippen LogP contribution in [0.4, 0.5) is 5.69 Å². The summed E-state index contributed by atoms with van der Waals surface area (Å²) < 4.78 is 16.8. The maximum absolute atomic E-state index is 12.1. The Morgan fingerprint density at radius 2 is 1.82 bits per heavy atom. The minimum absolute atomic E-state index is 0. The van der Waals surface area contributed by atoms with Crippen molar-refractivity contribution < 1.29 is 18.7 Å². The number of furan rings is 1. The van der Waals surface area contributed by atoms with Gasteiger partial charge in [-0.05, 0) is 48.9 Å². The molecule has 0 radical (unpaired) electrons. The van der Waals surface area contributed by atoms with E-state index in [-0.39, 0.29) is 41.7 Å². The Morgan fingerprint density at radius 3 is 2.55 bits per heavy atom. The molecular weight excluding hydrogens is 535 g/mol. The van der Waals surface area contributed by atoms with Crippen LogP contribution in [0.25, 0.3) is 0 Å². The second-order valence-electron chi connectivity index (χ2n) is 7.20. The molecule has 33 heavy (non-hydrogen) atoms. The van der Waals surface area contributed by atoms with Crippen molar-refractivity contribution in [3.8, 4) is 11.5 Å². The highest BCUT2D eigenvalue weighted by molar-refractivity contribution is 14.0. The van der Waals surface area contributed by atoms with Gasteiger partial charge in [0.2, 0.25) is 0 Å². The fourth-order valence-corrected chi connectivity index (χ4v) is 3.18. The van der Waals surface area contributed by atoms with Gasteiger partial charge in [-0.1, -0.05) is 24.3 Å². The zero-order valence-corrected chi connectivity index (χ0v) is 20.6. The van der Waals surface area contributed by atoms with Crippen molar-refractivity contribution in [2.45, 2.75) is 19.6 Å². The zero-order valence-electron chi connectivity index (χ0n) is 18.2. The van der Waals surface area contributed by atoms with Crippen molar-refractivity contribution >= 4 is 41.5 Å². The smallest absolute Gasteiger partial charge is 0.291 e. The number of para-hydroxylation sites is 2. The number of halogens is 1. The van der Waals surface area contributed by atoms with Gasteiger partial charge in [-0.2, -0.15) is 0 Å². The number of nitrogens with one attached hydrogen (secondary N) is 3. The number of hydrogen-bond donors (Lipinski definition) is 3. The van der Waals surface area contributed by atoms with Crippen LogP contribution in [0.3, 0.4) is 0 Å². The van der Waals surface area contributed by atoms with Crippen molar-refractivity contribution in [2.75, 3.05) is 25.0 Å². The van der Waals surface area contributed by atoms with E-state index in [1.54, 1.807) is 12.1 Å². The normalized spacial score (nSPS) is 14.7. The van der Waals surface area contributed by atoms with Gasteiger partial charge in [0.15, 0.2) is 23.2 Å². The number of hydrogen-bond acceptors (Lipinski definition) is 5. The Morgan fingerprint density at radius 1 is 1.03 bits per heavy atom. The second-order valence-corrected chi connectivity index (χ2v) is 7.20. The summed E-state index contributed by atoms with van der Waals surface area (Å²) in [5.41, 5.74) is 1.71. The fourth-order valence-electron chi connectivity index (χ4n) is 3.18. The molecule has 1 atom stereocenters. The molecule has 0 bridgehead atoms. The highest BCUT2D eigenvalue weighted by atomic mass is 127. The standard InChI is InChI=1S/C24H26N4O4.HI/c1-2-25-24(27-15-19-16-31-20-6-3-4-7-21(20)32-19)26-14-17-9-11-18(12-10-17)28-23(29)22-8-5-13-30-22;/h3-13,19H,2,14-16H2,1H3,(H,28,29)(H2,25,26,27);1H. The third-order valence-electron chi connectivity index (χ3n) is 4.79. The molecule has 4 rings (SSSR count). The molecule has 3 N–H and O–H groups in total. The molecule has 1 unspecified atom stereocenters. The largest absolute Gasteiger partial charge is 0.486 e. The van der Waals surface area contributed by atoms with Gasteiger partial charge in [0, 0.05) is 12.2 Å². The summed E-state index contributed by atoms with van der Waals surface area (Å²) >= 11 is 0. The third kappa shape index (κ3) is 6.88. The first-order valence-electron chi connectivity index (χ1n) is 10.6. The summed E-state index contributed by atoms with van der Waals surface area (Å²) in [5.74, 6) is 2.22. The molecule has 2 aromatic carbocycles. The molecule has 1 aromatic heterocycles. The van der Waals surface area contributed by atoms with Crippen LogP contribution in [0.15, 0.2) is 76.3 Å². The van der Waals surface area contributed by atoms with Gasteiger partial charge in [0.1, 0.15) is 12.7 Å². The van der Waals surface area contributed by atoms with Gasteiger partial charge in [-0.25, -0.2) is 4.99 Å². The molecule has 0 spiro atoms. The second kappa shape index (κ2) is 12.1.